The number of rotatable bonds is 3. The van der Waals surface area contributed by atoms with Gasteiger partial charge in [0.15, 0.2) is 5.82 Å². The van der Waals surface area contributed by atoms with Gasteiger partial charge in [0.2, 0.25) is 0 Å². The molecule has 20 heavy (non-hydrogen) atoms. The van der Waals surface area contributed by atoms with Crippen LogP contribution in [0, 0.1) is 11.8 Å². The van der Waals surface area contributed by atoms with Crippen LogP contribution >= 0.6 is 11.5 Å². The number of nitrogens with two attached hydrogens (primary N) is 1. The fourth-order valence-corrected chi connectivity index (χ4v) is 4.13. The lowest BCUT2D eigenvalue weighted by Gasteiger charge is -2.19. The number of esters is 1. The maximum Gasteiger partial charge on any atom is 0.345 e. The molecule has 3 unspecified atom stereocenters. The molecule has 2 heterocycles. The van der Waals surface area contributed by atoms with Crippen LogP contribution in [0.25, 0.3) is 0 Å². The molecule has 0 amide bonds. The van der Waals surface area contributed by atoms with Crippen molar-refractivity contribution in [3.05, 3.63) is 5.56 Å². The Kier molecular flexibility index (Phi) is 3.55. The molecular formula is C13H19N3O3S. The van der Waals surface area contributed by atoms with Gasteiger partial charge in [-0.15, -0.1) is 0 Å². The highest BCUT2D eigenvalue weighted by Gasteiger charge is 2.43. The first-order valence-corrected chi connectivity index (χ1v) is 7.74. The van der Waals surface area contributed by atoms with Crippen molar-refractivity contribution in [2.75, 3.05) is 30.3 Å². The molecule has 3 atom stereocenters. The number of hydrogen-bond acceptors (Lipinski definition) is 7. The van der Waals surface area contributed by atoms with E-state index in [9.17, 15) is 9.90 Å². The zero-order chi connectivity index (χ0) is 14.3. The number of aromatic nitrogens is 1. The molecule has 0 aromatic carbocycles. The van der Waals surface area contributed by atoms with Gasteiger partial charge in [0.25, 0.3) is 0 Å². The van der Waals surface area contributed by atoms with Crippen LogP contribution in [0.4, 0.5) is 10.8 Å². The lowest BCUT2D eigenvalue weighted by molar-refractivity contribution is 0.0528. The zero-order valence-electron chi connectivity index (χ0n) is 11.4. The van der Waals surface area contributed by atoms with E-state index in [2.05, 4.69) is 9.27 Å². The Balaban J connectivity index is 1.83. The Bertz CT molecular complexity index is 519. The van der Waals surface area contributed by atoms with Gasteiger partial charge in [-0.05, 0) is 37.2 Å². The molecule has 110 valence electrons. The Labute approximate surface area is 121 Å². The summed E-state index contributed by atoms with van der Waals surface area (Å²) in [6.07, 6.45) is 1.71. The van der Waals surface area contributed by atoms with E-state index in [0.29, 0.717) is 24.0 Å². The third kappa shape index (κ3) is 2.14. The first-order valence-electron chi connectivity index (χ1n) is 6.97. The van der Waals surface area contributed by atoms with Crippen LogP contribution in [-0.4, -0.2) is 41.2 Å². The smallest absolute Gasteiger partial charge is 0.345 e. The minimum absolute atomic E-state index is 0.221. The summed E-state index contributed by atoms with van der Waals surface area (Å²) in [6.45, 7) is 3.71. The van der Waals surface area contributed by atoms with Crippen molar-refractivity contribution in [1.82, 2.24) is 4.37 Å². The Morgan fingerprint density at radius 1 is 1.55 bits per heavy atom. The summed E-state index contributed by atoms with van der Waals surface area (Å²) < 4.78 is 9.15. The third-order valence-corrected chi connectivity index (χ3v) is 5.21. The fraction of sp³-hybridized carbons (Fsp3) is 0.692. The van der Waals surface area contributed by atoms with E-state index in [-0.39, 0.29) is 11.9 Å². The maximum atomic E-state index is 12.0. The Morgan fingerprint density at radius 2 is 2.35 bits per heavy atom. The van der Waals surface area contributed by atoms with Crippen LogP contribution in [0.2, 0.25) is 0 Å². The van der Waals surface area contributed by atoms with Crippen molar-refractivity contribution in [3.8, 4) is 0 Å². The van der Waals surface area contributed by atoms with Gasteiger partial charge in [0, 0.05) is 19.0 Å². The van der Waals surface area contributed by atoms with E-state index in [4.69, 9.17) is 10.5 Å². The molecule has 0 bridgehead atoms. The molecule has 1 aliphatic heterocycles. The van der Waals surface area contributed by atoms with Crippen LogP contribution < -0.4 is 10.6 Å². The average Bonchev–Trinajstić information content (AvgIpc) is 3.06. The Morgan fingerprint density at radius 3 is 3.05 bits per heavy atom. The summed E-state index contributed by atoms with van der Waals surface area (Å²) in [4.78, 5) is 14.1. The average molecular weight is 297 g/mol. The lowest BCUT2D eigenvalue weighted by atomic mass is 10.00. The van der Waals surface area contributed by atoms with E-state index >= 15 is 0 Å². The molecule has 2 aliphatic rings. The zero-order valence-corrected chi connectivity index (χ0v) is 12.2. The highest BCUT2D eigenvalue weighted by Crippen LogP contribution is 2.42. The number of carbonyl (C=O) groups is 1. The van der Waals surface area contributed by atoms with Gasteiger partial charge < -0.3 is 20.5 Å². The SMILES string of the molecule is CCOC(=O)c1c(N)nsc1N1CC2CCC(O)C2C1. The number of fused-ring (bicyclic) bond motifs is 1. The molecule has 2 fully saturated rings. The van der Waals surface area contributed by atoms with Gasteiger partial charge in [-0.25, -0.2) is 4.79 Å². The normalized spacial score (nSPS) is 28.7. The molecule has 6 nitrogen and oxygen atoms in total. The second-order valence-electron chi connectivity index (χ2n) is 5.44. The first kappa shape index (κ1) is 13.6. The van der Waals surface area contributed by atoms with Crippen molar-refractivity contribution in [3.63, 3.8) is 0 Å². The molecule has 3 rings (SSSR count). The summed E-state index contributed by atoms with van der Waals surface area (Å²) in [5, 5.41) is 10.8. The molecule has 1 aliphatic carbocycles. The van der Waals surface area contributed by atoms with E-state index in [0.717, 1.165) is 30.9 Å². The largest absolute Gasteiger partial charge is 0.462 e. The van der Waals surface area contributed by atoms with Crippen LogP contribution in [-0.2, 0) is 4.74 Å². The number of aliphatic hydroxyl groups excluding tert-OH is 1. The molecule has 1 aromatic rings. The van der Waals surface area contributed by atoms with E-state index in [1.807, 2.05) is 0 Å². The molecule has 1 saturated heterocycles. The Hall–Kier alpha value is -1.34. The number of aliphatic hydroxyl groups is 1. The number of anilines is 2. The number of nitrogen functional groups attached to an aromatic ring is 1. The summed E-state index contributed by atoms with van der Waals surface area (Å²) in [5.41, 5.74) is 6.19. The second-order valence-corrected chi connectivity index (χ2v) is 6.19. The van der Waals surface area contributed by atoms with E-state index in [1.54, 1.807) is 6.92 Å². The van der Waals surface area contributed by atoms with E-state index < -0.39 is 5.97 Å². The minimum Gasteiger partial charge on any atom is -0.462 e. The quantitative estimate of drug-likeness (QED) is 0.813. The highest BCUT2D eigenvalue weighted by atomic mass is 32.1. The first-order chi connectivity index (χ1) is 9.61. The van der Waals surface area contributed by atoms with Gasteiger partial charge in [-0.3, -0.25) is 0 Å². The molecule has 3 N–H and O–H groups in total. The molecule has 1 aromatic heterocycles. The van der Waals surface area contributed by atoms with E-state index in [1.165, 1.54) is 11.5 Å². The number of nitrogens with zero attached hydrogens (tertiary/aromatic N) is 2. The maximum absolute atomic E-state index is 12.0. The van der Waals surface area contributed by atoms with Crippen molar-refractivity contribution in [1.29, 1.82) is 0 Å². The molecule has 7 heteroatoms. The van der Waals surface area contributed by atoms with Crippen LogP contribution in [0.5, 0.6) is 0 Å². The van der Waals surface area contributed by atoms with Crippen LogP contribution in [0.1, 0.15) is 30.1 Å². The summed E-state index contributed by atoms with van der Waals surface area (Å²) >= 11 is 1.24. The summed E-state index contributed by atoms with van der Waals surface area (Å²) in [5.74, 6) is 0.629. The monoisotopic (exact) mass is 297 g/mol. The van der Waals surface area contributed by atoms with Gasteiger partial charge >= 0.3 is 5.97 Å². The standard InChI is InChI=1S/C13H19N3O3S/c1-2-19-13(18)10-11(14)15-20-12(10)16-5-7-3-4-9(17)8(7)6-16/h7-9,17H,2-6H2,1H3,(H2,14,15). The number of ether oxygens (including phenoxy) is 1. The summed E-state index contributed by atoms with van der Waals surface area (Å²) in [7, 11) is 0. The molecular weight excluding hydrogens is 278 g/mol. The fourth-order valence-electron chi connectivity index (χ4n) is 3.31. The predicted molar refractivity (Wildman–Crippen MR) is 76.9 cm³/mol. The number of carbonyl (C=O) groups excluding carboxylic acids is 1. The van der Waals surface area contributed by atoms with Crippen LogP contribution in [0.3, 0.4) is 0 Å². The minimum atomic E-state index is -0.411. The highest BCUT2D eigenvalue weighted by molar-refractivity contribution is 7.11. The van der Waals surface area contributed by atoms with Crippen molar-refractivity contribution < 1.29 is 14.6 Å². The van der Waals surface area contributed by atoms with Gasteiger partial charge in [0.1, 0.15) is 10.6 Å². The topological polar surface area (TPSA) is 88.7 Å². The van der Waals surface area contributed by atoms with Crippen molar-refractivity contribution in [2.24, 2.45) is 11.8 Å². The van der Waals surface area contributed by atoms with Crippen LogP contribution in [0.15, 0.2) is 0 Å². The predicted octanol–water partition coefficient (Wildman–Crippen LogP) is 1.11. The number of hydrogen-bond donors (Lipinski definition) is 2. The van der Waals surface area contributed by atoms with Gasteiger partial charge in [0.05, 0.1) is 12.7 Å². The third-order valence-electron chi connectivity index (χ3n) is 4.29. The van der Waals surface area contributed by atoms with Crippen molar-refractivity contribution >= 4 is 28.3 Å². The van der Waals surface area contributed by atoms with Gasteiger partial charge in [-0.2, -0.15) is 4.37 Å². The molecule has 0 radical (unpaired) electrons. The molecule has 1 saturated carbocycles. The molecule has 0 spiro atoms. The van der Waals surface area contributed by atoms with Crippen molar-refractivity contribution in [2.45, 2.75) is 25.9 Å². The van der Waals surface area contributed by atoms with Gasteiger partial charge in [-0.1, -0.05) is 0 Å². The second kappa shape index (κ2) is 5.21. The lowest BCUT2D eigenvalue weighted by Crippen LogP contribution is -2.25. The summed E-state index contributed by atoms with van der Waals surface area (Å²) in [6, 6.07) is 0.